The number of fused-ring (bicyclic) bond motifs is 2. The number of carbonyl (C=O) groups is 1. The molecule has 5 rings (SSSR count). The molecule has 0 bridgehead atoms. The van der Waals surface area contributed by atoms with Crippen molar-refractivity contribution in [1.82, 2.24) is 4.57 Å². The zero-order chi connectivity index (χ0) is 24.6. The maximum absolute atomic E-state index is 13.3. The zero-order valence-electron chi connectivity index (χ0n) is 18.9. The van der Waals surface area contributed by atoms with E-state index in [4.69, 9.17) is 0 Å². The van der Waals surface area contributed by atoms with Gasteiger partial charge >= 0.3 is 0 Å². The van der Waals surface area contributed by atoms with Crippen molar-refractivity contribution >= 4 is 49.8 Å². The second-order valence-electron chi connectivity index (χ2n) is 8.43. The first-order chi connectivity index (χ1) is 16.8. The Bertz CT molecular complexity index is 1590. The highest BCUT2D eigenvalue weighted by atomic mass is 32.2. The fourth-order valence-electron chi connectivity index (χ4n) is 4.34. The Kier molecular flexibility index (Phi) is 6.12. The van der Waals surface area contributed by atoms with Crippen molar-refractivity contribution in [2.75, 3.05) is 22.0 Å². The Morgan fingerprint density at radius 1 is 1.00 bits per heavy atom. The monoisotopic (exact) mass is 505 g/mol. The van der Waals surface area contributed by atoms with E-state index >= 15 is 0 Å². The summed E-state index contributed by atoms with van der Waals surface area (Å²) in [5, 5.41) is 5.39. The summed E-state index contributed by atoms with van der Waals surface area (Å²) in [7, 11) is -3.63. The van der Waals surface area contributed by atoms with E-state index < -0.39 is 16.1 Å². The minimum atomic E-state index is -3.63. The van der Waals surface area contributed by atoms with Gasteiger partial charge in [0.15, 0.2) is 0 Å². The van der Waals surface area contributed by atoms with Gasteiger partial charge in [-0.15, -0.1) is 11.8 Å². The van der Waals surface area contributed by atoms with Crippen molar-refractivity contribution in [2.24, 2.45) is 0 Å². The van der Waals surface area contributed by atoms with Crippen molar-refractivity contribution in [3.63, 3.8) is 0 Å². The Morgan fingerprint density at radius 2 is 1.71 bits per heavy atom. The predicted molar refractivity (Wildman–Crippen MR) is 141 cm³/mol. The van der Waals surface area contributed by atoms with Crippen molar-refractivity contribution in [3.05, 3.63) is 100 Å². The maximum Gasteiger partial charge on any atom is 0.252 e. The average Bonchev–Trinajstić information content (AvgIpc) is 3.28. The molecule has 0 spiro atoms. The van der Waals surface area contributed by atoms with Crippen LogP contribution < -0.4 is 15.6 Å². The first-order valence-corrected chi connectivity index (χ1v) is 13.9. The summed E-state index contributed by atoms with van der Waals surface area (Å²) in [4.78, 5) is 26.3. The van der Waals surface area contributed by atoms with Crippen LogP contribution >= 0.6 is 11.8 Å². The largest absolute Gasteiger partial charge is 0.324 e. The van der Waals surface area contributed by atoms with Gasteiger partial charge in [0.2, 0.25) is 15.9 Å². The molecule has 0 radical (unpaired) electrons. The number of sulfonamides is 1. The van der Waals surface area contributed by atoms with Crippen LogP contribution in [0.1, 0.15) is 17.2 Å². The number of carbonyl (C=O) groups excluding carboxylic acids is 1. The van der Waals surface area contributed by atoms with Crippen molar-refractivity contribution in [2.45, 2.75) is 17.5 Å². The molecule has 1 amide bonds. The van der Waals surface area contributed by atoms with Crippen molar-refractivity contribution in [1.29, 1.82) is 0 Å². The molecule has 1 aromatic heterocycles. The molecule has 0 saturated heterocycles. The highest BCUT2D eigenvalue weighted by Crippen LogP contribution is 2.40. The quantitative estimate of drug-likeness (QED) is 0.408. The number of nitrogens with one attached hydrogen (secondary N) is 2. The van der Waals surface area contributed by atoms with Crippen LogP contribution in [0.2, 0.25) is 0 Å². The molecular weight excluding hydrogens is 482 g/mol. The van der Waals surface area contributed by atoms with Crippen LogP contribution in [-0.2, 0) is 21.2 Å². The smallest absolute Gasteiger partial charge is 0.252 e. The Morgan fingerprint density at radius 3 is 2.49 bits per heavy atom. The lowest BCUT2D eigenvalue weighted by molar-refractivity contribution is -0.118. The molecule has 1 atom stereocenters. The highest BCUT2D eigenvalue weighted by Gasteiger charge is 2.33. The molecule has 35 heavy (non-hydrogen) atoms. The van der Waals surface area contributed by atoms with Crippen LogP contribution in [0.5, 0.6) is 0 Å². The molecule has 4 aromatic rings. The summed E-state index contributed by atoms with van der Waals surface area (Å²) in [6.07, 6.45) is 1.44. The lowest BCUT2D eigenvalue weighted by atomic mass is 9.98. The molecule has 2 heterocycles. The van der Waals surface area contributed by atoms with E-state index in [0.717, 1.165) is 22.6 Å². The molecule has 7 nitrogen and oxygen atoms in total. The topological polar surface area (TPSA) is 97.3 Å². The molecule has 178 valence electrons. The third-order valence-electron chi connectivity index (χ3n) is 5.87. The third-order valence-corrected chi connectivity index (χ3v) is 7.60. The number of benzene rings is 3. The van der Waals surface area contributed by atoms with Crippen molar-refractivity contribution < 1.29 is 13.2 Å². The fourth-order valence-corrected chi connectivity index (χ4v) is 6.31. The number of amides is 1. The molecule has 2 N–H and O–H groups in total. The molecular formula is C26H23N3O4S2. The van der Waals surface area contributed by atoms with Crippen LogP contribution in [0.25, 0.3) is 10.8 Å². The van der Waals surface area contributed by atoms with E-state index in [1.807, 2.05) is 60.7 Å². The fraction of sp³-hybridized carbons (Fsp3) is 0.154. The number of hydrogen-bond donors (Lipinski definition) is 2. The summed E-state index contributed by atoms with van der Waals surface area (Å²) < 4.78 is 28.6. The Balaban J connectivity index is 1.58. The number of thioether (sulfide) groups is 1. The normalized spacial score (nSPS) is 15.1. The number of anilines is 2. The SMILES string of the molecule is CS(=O)(=O)Nc1c(Cc2cccc3ccccc23)cc(=O)n2c1SCC2C(=O)Nc1ccccc1. The molecule has 0 aliphatic carbocycles. The Hall–Kier alpha value is -3.56. The molecule has 1 aliphatic rings. The summed E-state index contributed by atoms with van der Waals surface area (Å²) >= 11 is 1.30. The lowest BCUT2D eigenvalue weighted by Crippen LogP contribution is -2.33. The number of para-hydroxylation sites is 1. The predicted octanol–water partition coefficient (Wildman–Crippen LogP) is 4.25. The van der Waals surface area contributed by atoms with Gasteiger partial charge in [-0.1, -0.05) is 60.7 Å². The molecule has 1 aliphatic heterocycles. The van der Waals surface area contributed by atoms with Gasteiger partial charge in [0.1, 0.15) is 11.1 Å². The van der Waals surface area contributed by atoms with Crippen LogP contribution in [0, 0.1) is 0 Å². The van der Waals surface area contributed by atoms with E-state index in [9.17, 15) is 18.0 Å². The van der Waals surface area contributed by atoms with E-state index in [2.05, 4.69) is 10.0 Å². The zero-order valence-corrected chi connectivity index (χ0v) is 20.5. The summed E-state index contributed by atoms with van der Waals surface area (Å²) in [6, 6.07) is 23.6. The number of pyridine rings is 1. The minimum absolute atomic E-state index is 0.323. The number of hydrogen-bond acceptors (Lipinski definition) is 5. The van der Waals surface area contributed by atoms with Gasteiger partial charge in [0.25, 0.3) is 5.56 Å². The van der Waals surface area contributed by atoms with Gasteiger partial charge in [-0.05, 0) is 34.0 Å². The molecule has 3 aromatic carbocycles. The number of nitrogens with zero attached hydrogens (tertiary/aromatic N) is 1. The van der Waals surface area contributed by atoms with E-state index in [1.54, 1.807) is 12.1 Å². The first-order valence-electron chi connectivity index (χ1n) is 11.0. The standard InChI is InChI=1S/C26H23N3O4S2/c1-35(32,33)28-24-19(14-18-10-7-9-17-8-5-6-13-21(17)18)15-23(30)29-22(16-34-26(24)29)25(31)27-20-11-3-2-4-12-20/h2-13,15,22,28H,14,16H2,1H3,(H,27,31). The summed E-state index contributed by atoms with van der Waals surface area (Å²) in [5.74, 6) is 0.000944. The van der Waals surface area contributed by atoms with Crippen molar-refractivity contribution in [3.8, 4) is 0 Å². The minimum Gasteiger partial charge on any atom is -0.324 e. The molecule has 0 fully saturated rings. The molecule has 0 saturated carbocycles. The molecule has 1 unspecified atom stereocenters. The van der Waals surface area contributed by atoms with Gasteiger partial charge in [0, 0.05) is 23.9 Å². The second kappa shape index (κ2) is 9.24. The number of aromatic nitrogens is 1. The summed E-state index contributed by atoms with van der Waals surface area (Å²) in [6.45, 7) is 0. The van der Waals surface area contributed by atoms with Gasteiger partial charge in [-0.25, -0.2) is 8.42 Å². The number of rotatable bonds is 6. The Labute approximate surface area is 207 Å². The van der Waals surface area contributed by atoms with Crippen LogP contribution in [0.3, 0.4) is 0 Å². The third kappa shape index (κ3) is 4.82. The van der Waals surface area contributed by atoms with Gasteiger partial charge in [-0.2, -0.15) is 0 Å². The second-order valence-corrected chi connectivity index (χ2v) is 11.2. The van der Waals surface area contributed by atoms with Gasteiger partial charge < -0.3 is 5.32 Å². The van der Waals surface area contributed by atoms with Crippen LogP contribution in [0.4, 0.5) is 11.4 Å². The maximum atomic E-state index is 13.3. The average molecular weight is 506 g/mol. The van der Waals surface area contributed by atoms with Gasteiger partial charge in [-0.3, -0.25) is 18.9 Å². The highest BCUT2D eigenvalue weighted by molar-refractivity contribution is 7.99. The van der Waals surface area contributed by atoms with Gasteiger partial charge in [0.05, 0.1) is 11.9 Å². The lowest BCUT2D eigenvalue weighted by Gasteiger charge is -2.19. The van der Waals surface area contributed by atoms with Crippen LogP contribution in [0.15, 0.2) is 88.7 Å². The first kappa shape index (κ1) is 23.2. The summed E-state index contributed by atoms with van der Waals surface area (Å²) in [5.41, 5.74) is 2.18. The van der Waals surface area contributed by atoms with E-state index in [0.29, 0.717) is 34.1 Å². The molecule has 9 heteroatoms. The van der Waals surface area contributed by atoms with Crippen LogP contribution in [-0.4, -0.2) is 30.9 Å². The van der Waals surface area contributed by atoms with E-state index in [-0.39, 0.29) is 11.5 Å². The van der Waals surface area contributed by atoms with E-state index in [1.165, 1.54) is 22.4 Å².